The van der Waals surface area contributed by atoms with Crippen LogP contribution < -0.4 is 0 Å². The van der Waals surface area contributed by atoms with Gasteiger partial charge in [0, 0.05) is 31.3 Å². The number of piperidine rings is 1. The number of carbonyl (C=O) groups excluding carboxylic acids is 1. The van der Waals surface area contributed by atoms with E-state index in [2.05, 4.69) is 15.3 Å². The topological polar surface area (TPSA) is 77.1 Å². The third-order valence-electron chi connectivity index (χ3n) is 6.13. The largest absolute Gasteiger partial charge is 0.420 e. The van der Waals surface area contributed by atoms with Crippen molar-refractivity contribution < 1.29 is 22.4 Å². The number of hydrogen-bond donors (Lipinski definition) is 0. The van der Waals surface area contributed by atoms with E-state index >= 15 is 0 Å². The highest BCUT2D eigenvalue weighted by Crippen LogP contribution is 2.32. The molecule has 35 heavy (non-hydrogen) atoms. The van der Waals surface area contributed by atoms with Crippen molar-refractivity contribution in [1.82, 2.24) is 24.9 Å². The molecule has 2 aromatic carbocycles. The van der Waals surface area contributed by atoms with Crippen molar-refractivity contribution in [3.05, 3.63) is 77.8 Å². The summed E-state index contributed by atoms with van der Waals surface area (Å²) in [6, 6.07) is 16.0. The van der Waals surface area contributed by atoms with Gasteiger partial charge < -0.3 is 9.32 Å². The number of aryl methyl sites for hydroxylation is 1. The Bertz CT molecular complexity index is 1330. The van der Waals surface area contributed by atoms with Crippen LogP contribution in [0.1, 0.15) is 40.7 Å². The zero-order chi connectivity index (χ0) is 24.6. The van der Waals surface area contributed by atoms with Gasteiger partial charge in [0.25, 0.3) is 5.91 Å². The Morgan fingerprint density at radius 2 is 1.77 bits per heavy atom. The molecule has 5 rings (SSSR count). The molecule has 10 heteroatoms. The lowest BCUT2D eigenvalue weighted by molar-refractivity contribution is -0.137. The fourth-order valence-electron chi connectivity index (χ4n) is 4.26. The van der Waals surface area contributed by atoms with Crippen molar-refractivity contribution in [2.75, 3.05) is 13.1 Å². The number of rotatable bonds is 4. The molecule has 1 amide bonds. The number of likely N-dealkylation sites (tertiary alicyclic amines) is 1. The van der Waals surface area contributed by atoms with Gasteiger partial charge in [-0.15, -0.1) is 10.2 Å². The number of hydrogen-bond acceptors (Lipinski definition) is 5. The molecule has 1 unspecified atom stereocenters. The summed E-state index contributed by atoms with van der Waals surface area (Å²) in [6.07, 6.45) is -2.89. The Morgan fingerprint density at radius 1 is 1.03 bits per heavy atom. The molecule has 1 fully saturated rings. The van der Waals surface area contributed by atoms with Crippen LogP contribution >= 0.6 is 0 Å². The van der Waals surface area contributed by atoms with Crippen LogP contribution in [0, 0.1) is 0 Å². The molecule has 0 bridgehead atoms. The molecule has 2 aromatic heterocycles. The Morgan fingerprint density at radius 3 is 2.49 bits per heavy atom. The van der Waals surface area contributed by atoms with Gasteiger partial charge in [-0.25, -0.2) is 0 Å². The van der Waals surface area contributed by atoms with Gasteiger partial charge in [0.05, 0.1) is 17.2 Å². The molecule has 3 heterocycles. The lowest BCUT2D eigenvalue weighted by atomic mass is 9.97. The molecular formula is C25H22F3N5O2. The van der Waals surface area contributed by atoms with E-state index in [1.165, 1.54) is 12.1 Å². The molecule has 180 valence electrons. The minimum Gasteiger partial charge on any atom is -0.420 e. The maximum absolute atomic E-state index is 13.3. The van der Waals surface area contributed by atoms with E-state index in [-0.39, 0.29) is 17.7 Å². The van der Waals surface area contributed by atoms with E-state index in [0.29, 0.717) is 30.2 Å². The molecule has 0 aliphatic carbocycles. The van der Waals surface area contributed by atoms with Crippen LogP contribution in [-0.4, -0.2) is 43.9 Å². The summed E-state index contributed by atoms with van der Waals surface area (Å²) in [5.74, 6) is 0.225. The normalized spacial score (nSPS) is 16.5. The maximum Gasteiger partial charge on any atom is 0.416 e. The van der Waals surface area contributed by atoms with E-state index in [0.717, 1.165) is 36.2 Å². The van der Waals surface area contributed by atoms with Crippen molar-refractivity contribution in [3.8, 4) is 22.7 Å². The van der Waals surface area contributed by atoms with Gasteiger partial charge in [-0.3, -0.25) is 9.48 Å². The van der Waals surface area contributed by atoms with Gasteiger partial charge in [-0.2, -0.15) is 18.3 Å². The summed E-state index contributed by atoms with van der Waals surface area (Å²) in [4.78, 5) is 15.0. The lowest BCUT2D eigenvalue weighted by Gasteiger charge is -2.31. The second kappa shape index (κ2) is 9.01. The zero-order valence-corrected chi connectivity index (χ0v) is 18.9. The molecule has 4 aromatic rings. The Labute approximate surface area is 199 Å². The average molecular weight is 481 g/mol. The van der Waals surface area contributed by atoms with Crippen molar-refractivity contribution in [3.63, 3.8) is 0 Å². The van der Waals surface area contributed by atoms with E-state index in [4.69, 9.17) is 4.42 Å². The molecule has 1 atom stereocenters. The summed E-state index contributed by atoms with van der Waals surface area (Å²) in [7, 11) is 1.75. The van der Waals surface area contributed by atoms with E-state index in [1.54, 1.807) is 22.7 Å². The molecule has 1 aliphatic rings. The van der Waals surface area contributed by atoms with Crippen molar-refractivity contribution in [2.24, 2.45) is 7.05 Å². The minimum absolute atomic E-state index is 0.130. The molecule has 1 saturated heterocycles. The second-order valence-electron chi connectivity index (χ2n) is 8.52. The van der Waals surface area contributed by atoms with E-state index in [1.807, 2.05) is 30.3 Å². The summed E-state index contributed by atoms with van der Waals surface area (Å²) in [6.45, 7) is 1.00. The Balaban J connectivity index is 1.31. The van der Waals surface area contributed by atoms with Crippen LogP contribution in [0.4, 0.5) is 13.2 Å². The fourth-order valence-corrected chi connectivity index (χ4v) is 4.26. The SMILES string of the molecule is Cn1nc(-c2ccccc2)cc1C(=O)N1CCCC(c2nnc(-c3ccc(C(F)(F)F)cc3)o2)C1. The van der Waals surface area contributed by atoms with Crippen LogP contribution in [0.25, 0.3) is 22.7 Å². The third-order valence-corrected chi connectivity index (χ3v) is 6.13. The van der Waals surface area contributed by atoms with Gasteiger partial charge in [0.2, 0.25) is 11.8 Å². The number of alkyl halides is 3. The first-order valence-corrected chi connectivity index (χ1v) is 11.2. The monoisotopic (exact) mass is 481 g/mol. The van der Waals surface area contributed by atoms with E-state index < -0.39 is 11.7 Å². The predicted octanol–water partition coefficient (Wildman–Crippen LogP) is 5.18. The molecule has 0 saturated carbocycles. The van der Waals surface area contributed by atoms with Crippen LogP contribution in [0.2, 0.25) is 0 Å². The number of benzene rings is 2. The summed E-state index contributed by atoms with van der Waals surface area (Å²) >= 11 is 0. The first-order valence-electron chi connectivity index (χ1n) is 11.2. The Hall–Kier alpha value is -3.95. The zero-order valence-electron chi connectivity index (χ0n) is 18.9. The van der Waals surface area contributed by atoms with E-state index in [9.17, 15) is 18.0 Å². The molecule has 0 N–H and O–H groups in total. The van der Waals surface area contributed by atoms with Gasteiger partial charge in [-0.05, 0) is 43.2 Å². The highest BCUT2D eigenvalue weighted by Gasteiger charge is 2.32. The first-order chi connectivity index (χ1) is 16.8. The fraction of sp³-hybridized carbons (Fsp3) is 0.280. The first kappa shape index (κ1) is 22.8. The summed E-state index contributed by atoms with van der Waals surface area (Å²) < 4.78 is 45.8. The number of carbonyl (C=O) groups is 1. The number of halogens is 3. The molecule has 7 nitrogen and oxygen atoms in total. The molecule has 0 spiro atoms. The molecule has 0 radical (unpaired) electrons. The van der Waals surface area contributed by atoms with Crippen LogP contribution in [0.5, 0.6) is 0 Å². The van der Waals surface area contributed by atoms with Crippen LogP contribution in [-0.2, 0) is 13.2 Å². The molecular weight excluding hydrogens is 459 g/mol. The number of nitrogens with zero attached hydrogens (tertiary/aromatic N) is 5. The second-order valence-corrected chi connectivity index (χ2v) is 8.52. The van der Waals surface area contributed by atoms with Crippen molar-refractivity contribution in [1.29, 1.82) is 0 Å². The Kier molecular flexibility index (Phi) is 5.88. The predicted molar refractivity (Wildman–Crippen MR) is 121 cm³/mol. The number of aromatic nitrogens is 4. The van der Waals surface area contributed by atoms with Gasteiger partial charge in [0.15, 0.2) is 0 Å². The third kappa shape index (κ3) is 4.68. The maximum atomic E-state index is 13.3. The van der Waals surface area contributed by atoms with Crippen LogP contribution in [0.15, 0.2) is 65.1 Å². The lowest BCUT2D eigenvalue weighted by Crippen LogP contribution is -2.40. The summed E-state index contributed by atoms with van der Waals surface area (Å²) in [5, 5.41) is 12.6. The van der Waals surface area contributed by atoms with Crippen molar-refractivity contribution >= 4 is 5.91 Å². The standard InChI is InChI=1S/C25H22F3N5O2/c1-32-21(14-20(31-32)16-6-3-2-4-7-16)24(34)33-13-5-8-18(15-33)23-30-29-22(35-23)17-9-11-19(12-10-17)25(26,27)28/h2-4,6-7,9-12,14,18H,5,8,13,15H2,1H3. The van der Waals surface area contributed by atoms with Gasteiger partial charge >= 0.3 is 6.18 Å². The van der Waals surface area contributed by atoms with Crippen LogP contribution in [0.3, 0.4) is 0 Å². The average Bonchev–Trinajstić information content (AvgIpc) is 3.51. The highest BCUT2D eigenvalue weighted by atomic mass is 19.4. The summed E-state index contributed by atoms with van der Waals surface area (Å²) in [5.41, 5.74) is 1.81. The van der Waals surface area contributed by atoms with Gasteiger partial charge in [-0.1, -0.05) is 30.3 Å². The highest BCUT2D eigenvalue weighted by molar-refractivity contribution is 5.93. The molecule has 1 aliphatic heterocycles. The van der Waals surface area contributed by atoms with Gasteiger partial charge in [0.1, 0.15) is 5.69 Å². The smallest absolute Gasteiger partial charge is 0.416 e. The minimum atomic E-state index is -4.41. The van der Waals surface area contributed by atoms with Crippen molar-refractivity contribution in [2.45, 2.75) is 24.9 Å². The quantitative estimate of drug-likeness (QED) is 0.402. The number of amides is 1.